The molecule has 4 rings (SSSR count). The van der Waals surface area contributed by atoms with Crippen LogP contribution in [0.3, 0.4) is 0 Å². The highest BCUT2D eigenvalue weighted by atomic mass is 32.2. The summed E-state index contributed by atoms with van der Waals surface area (Å²) < 4.78 is 44.7. The van der Waals surface area contributed by atoms with E-state index in [2.05, 4.69) is 4.72 Å². The number of benzene rings is 1. The Morgan fingerprint density at radius 1 is 0.941 bits per heavy atom. The highest BCUT2D eigenvalue weighted by Crippen LogP contribution is 2.31. The lowest BCUT2D eigenvalue weighted by atomic mass is 10.2. The van der Waals surface area contributed by atoms with Gasteiger partial charge in [-0.25, -0.2) is 8.42 Å². The molecule has 2 amide bonds. The first-order valence-electron chi connectivity index (χ1n) is 11.6. The summed E-state index contributed by atoms with van der Waals surface area (Å²) in [5.74, 6) is 0.657. The van der Waals surface area contributed by atoms with Crippen molar-refractivity contribution in [2.45, 2.75) is 24.3 Å². The van der Waals surface area contributed by atoms with E-state index in [0.29, 0.717) is 83.7 Å². The number of nitrogens with zero attached hydrogens (tertiary/aromatic N) is 3. The fraction of sp³-hybridized carbons (Fsp3) is 0.636. The number of fused-ring (bicyclic) bond motifs is 1. The van der Waals surface area contributed by atoms with Crippen molar-refractivity contribution in [2.75, 3.05) is 72.2 Å². The number of carbonyl (C=O) groups is 2. The van der Waals surface area contributed by atoms with Crippen LogP contribution in [0.25, 0.3) is 0 Å². The van der Waals surface area contributed by atoms with Crippen LogP contribution < -0.4 is 14.2 Å². The molecule has 188 valence electrons. The van der Waals surface area contributed by atoms with Crippen molar-refractivity contribution in [2.24, 2.45) is 0 Å². The van der Waals surface area contributed by atoms with E-state index in [1.54, 1.807) is 15.9 Å². The molecule has 1 atom stereocenters. The van der Waals surface area contributed by atoms with Crippen molar-refractivity contribution < 1.29 is 32.2 Å². The molecule has 34 heavy (non-hydrogen) atoms. The predicted octanol–water partition coefficient (Wildman–Crippen LogP) is -0.482. The third-order valence-corrected chi connectivity index (χ3v) is 7.68. The van der Waals surface area contributed by atoms with Crippen molar-refractivity contribution in [1.29, 1.82) is 0 Å². The molecule has 1 aromatic rings. The summed E-state index contributed by atoms with van der Waals surface area (Å²) in [6.45, 7) is 7.15. The summed E-state index contributed by atoms with van der Waals surface area (Å²) in [5, 5.41) is 0. The summed E-state index contributed by atoms with van der Waals surface area (Å²) in [7, 11) is -3.93. The zero-order valence-corrected chi connectivity index (χ0v) is 20.2. The fourth-order valence-electron chi connectivity index (χ4n) is 4.17. The topological polar surface area (TPSA) is 118 Å². The SMILES string of the molecule is CC(NS(=O)(=O)c1ccc2c(c1)OCCCO2)C(=O)N1CCN(CC(=O)N2CCOCC2)CC1. The van der Waals surface area contributed by atoms with Crippen molar-refractivity contribution in [3.05, 3.63) is 18.2 Å². The monoisotopic (exact) mass is 496 g/mol. The Hall–Kier alpha value is -2.41. The fourth-order valence-corrected chi connectivity index (χ4v) is 5.38. The summed E-state index contributed by atoms with van der Waals surface area (Å²) in [6.07, 6.45) is 0.717. The van der Waals surface area contributed by atoms with E-state index in [9.17, 15) is 18.0 Å². The molecule has 11 nitrogen and oxygen atoms in total. The molecule has 2 saturated heterocycles. The minimum Gasteiger partial charge on any atom is -0.490 e. The Kier molecular flexibility index (Phi) is 7.91. The normalized spacial score (nSPS) is 20.5. The van der Waals surface area contributed by atoms with E-state index < -0.39 is 16.1 Å². The molecule has 0 bridgehead atoms. The number of ether oxygens (including phenoxy) is 3. The van der Waals surface area contributed by atoms with Crippen molar-refractivity contribution in [1.82, 2.24) is 19.4 Å². The minimum absolute atomic E-state index is 0.0165. The van der Waals surface area contributed by atoms with Crippen LogP contribution in [0, 0.1) is 0 Å². The van der Waals surface area contributed by atoms with E-state index in [1.165, 1.54) is 19.1 Å². The zero-order valence-electron chi connectivity index (χ0n) is 19.4. The number of rotatable bonds is 6. The van der Waals surface area contributed by atoms with Crippen molar-refractivity contribution in [3.63, 3.8) is 0 Å². The molecule has 2 fully saturated rings. The average molecular weight is 497 g/mol. The lowest BCUT2D eigenvalue weighted by Gasteiger charge is -2.37. The molecule has 3 aliphatic heterocycles. The van der Waals surface area contributed by atoms with Crippen LogP contribution in [0.1, 0.15) is 13.3 Å². The third kappa shape index (κ3) is 5.98. The quantitative estimate of drug-likeness (QED) is 0.561. The number of hydrogen-bond acceptors (Lipinski definition) is 8. The van der Waals surface area contributed by atoms with Crippen LogP contribution in [0.5, 0.6) is 11.5 Å². The molecule has 3 heterocycles. The molecule has 0 radical (unpaired) electrons. The standard InChI is InChI=1S/C22H32N4O7S/c1-17(23-34(29,30)18-3-4-19-20(15-18)33-12-2-11-32-19)22(28)26-7-5-24(6-8-26)16-21(27)25-9-13-31-14-10-25/h3-4,15,17,23H,2,5-14,16H2,1H3. The maximum atomic E-state index is 12.9. The average Bonchev–Trinajstić information content (AvgIpc) is 3.09. The van der Waals surface area contributed by atoms with Crippen LogP contribution in [0.2, 0.25) is 0 Å². The van der Waals surface area contributed by atoms with Gasteiger partial charge in [-0.1, -0.05) is 0 Å². The molecule has 12 heteroatoms. The summed E-state index contributed by atoms with van der Waals surface area (Å²) in [4.78, 5) is 30.8. The Morgan fingerprint density at radius 3 is 2.32 bits per heavy atom. The van der Waals surface area contributed by atoms with Gasteiger partial charge in [0.25, 0.3) is 0 Å². The molecular formula is C22H32N4O7S. The number of piperazine rings is 1. The molecule has 1 unspecified atom stereocenters. The van der Waals surface area contributed by atoms with Crippen LogP contribution in [0.15, 0.2) is 23.1 Å². The number of sulfonamides is 1. The van der Waals surface area contributed by atoms with E-state index in [4.69, 9.17) is 14.2 Å². The minimum atomic E-state index is -3.93. The van der Waals surface area contributed by atoms with Gasteiger partial charge in [-0.05, 0) is 19.1 Å². The number of hydrogen-bond donors (Lipinski definition) is 1. The number of amides is 2. The van der Waals surface area contributed by atoms with Crippen LogP contribution in [-0.2, 0) is 24.3 Å². The molecule has 0 spiro atoms. The maximum absolute atomic E-state index is 12.9. The van der Waals surface area contributed by atoms with Gasteiger partial charge in [-0.15, -0.1) is 0 Å². The molecule has 0 aliphatic carbocycles. The lowest BCUT2D eigenvalue weighted by Crippen LogP contribution is -2.55. The van der Waals surface area contributed by atoms with Gasteiger partial charge in [-0.2, -0.15) is 4.72 Å². The first kappa shape index (κ1) is 24.7. The van der Waals surface area contributed by atoms with Crippen molar-refractivity contribution >= 4 is 21.8 Å². The van der Waals surface area contributed by atoms with Gasteiger partial charge in [0.05, 0.1) is 43.9 Å². The molecule has 0 aromatic heterocycles. The summed E-state index contributed by atoms with van der Waals surface area (Å²) >= 11 is 0. The Balaban J connectivity index is 1.29. The van der Waals surface area contributed by atoms with Gasteiger partial charge in [0.1, 0.15) is 0 Å². The second-order valence-electron chi connectivity index (χ2n) is 8.60. The maximum Gasteiger partial charge on any atom is 0.241 e. The molecule has 0 saturated carbocycles. The highest BCUT2D eigenvalue weighted by molar-refractivity contribution is 7.89. The van der Waals surface area contributed by atoms with E-state index >= 15 is 0 Å². The predicted molar refractivity (Wildman–Crippen MR) is 122 cm³/mol. The molecule has 1 N–H and O–H groups in total. The first-order valence-corrected chi connectivity index (χ1v) is 13.1. The van der Waals surface area contributed by atoms with E-state index in [1.807, 2.05) is 4.90 Å². The van der Waals surface area contributed by atoms with Gasteiger partial charge in [0, 0.05) is 51.8 Å². The molecular weight excluding hydrogens is 464 g/mol. The Labute approximate surface area is 200 Å². The largest absolute Gasteiger partial charge is 0.490 e. The molecule has 3 aliphatic rings. The van der Waals surface area contributed by atoms with Crippen LogP contribution >= 0.6 is 0 Å². The van der Waals surface area contributed by atoms with Crippen molar-refractivity contribution in [3.8, 4) is 11.5 Å². The highest BCUT2D eigenvalue weighted by Gasteiger charge is 2.30. The Bertz CT molecular complexity index is 989. The van der Waals surface area contributed by atoms with E-state index in [-0.39, 0.29) is 16.7 Å². The second kappa shape index (κ2) is 10.9. The summed E-state index contributed by atoms with van der Waals surface area (Å²) in [6, 6.07) is 3.50. The smallest absolute Gasteiger partial charge is 0.241 e. The molecule has 1 aromatic carbocycles. The second-order valence-corrected chi connectivity index (χ2v) is 10.3. The summed E-state index contributed by atoms with van der Waals surface area (Å²) in [5.41, 5.74) is 0. The van der Waals surface area contributed by atoms with Gasteiger partial charge in [-0.3, -0.25) is 14.5 Å². The van der Waals surface area contributed by atoms with E-state index in [0.717, 1.165) is 6.42 Å². The first-order chi connectivity index (χ1) is 16.3. The number of morpholine rings is 1. The number of carbonyl (C=O) groups excluding carboxylic acids is 2. The van der Waals surface area contributed by atoms with Gasteiger partial charge >= 0.3 is 0 Å². The van der Waals surface area contributed by atoms with Gasteiger partial charge < -0.3 is 24.0 Å². The van der Waals surface area contributed by atoms with Gasteiger partial charge in [0.15, 0.2) is 11.5 Å². The van der Waals surface area contributed by atoms with Gasteiger partial charge in [0.2, 0.25) is 21.8 Å². The Morgan fingerprint density at radius 2 is 1.62 bits per heavy atom. The zero-order chi connectivity index (χ0) is 24.1. The third-order valence-electron chi connectivity index (χ3n) is 6.14. The lowest BCUT2D eigenvalue weighted by molar-refractivity contribution is -0.138. The number of nitrogens with one attached hydrogen (secondary N) is 1. The van der Waals surface area contributed by atoms with Crippen LogP contribution in [-0.4, -0.2) is 113 Å². The van der Waals surface area contributed by atoms with Crippen LogP contribution in [0.4, 0.5) is 0 Å².